The van der Waals surface area contributed by atoms with Crippen molar-refractivity contribution < 1.29 is 9.32 Å². The first-order valence-corrected chi connectivity index (χ1v) is 11.6. The summed E-state index contributed by atoms with van der Waals surface area (Å²) in [5, 5.41) is 7.95. The van der Waals surface area contributed by atoms with Gasteiger partial charge >= 0.3 is 0 Å². The first-order valence-electron chi connectivity index (χ1n) is 10.7. The highest BCUT2D eigenvalue weighted by Crippen LogP contribution is 2.24. The van der Waals surface area contributed by atoms with E-state index in [2.05, 4.69) is 51.5 Å². The molecule has 0 aliphatic carbocycles. The number of amides is 1. The van der Waals surface area contributed by atoms with Crippen LogP contribution in [0.25, 0.3) is 0 Å². The highest BCUT2D eigenvalue weighted by molar-refractivity contribution is 7.98. The van der Waals surface area contributed by atoms with Crippen molar-refractivity contribution in [3.05, 3.63) is 76.8 Å². The summed E-state index contributed by atoms with van der Waals surface area (Å²) in [5.41, 5.74) is 4.18. The minimum atomic E-state index is -0.0516. The minimum Gasteiger partial charge on any atom is -0.361 e. The van der Waals surface area contributed by atoms with E-state index < -0.39 is 0 Å². The van der Waals surface area contributed by atoms with Gasteiger partial charge in [-0.1, -0.05) is 41.2 Å². The van der Waals surface area contributed by atoms with Crippen molar-refractivity contribution in [1.82, 2.24) is 20.4 Å². The molecule has 162 valence electrons. The van der Waals surface area contributed by atoms with Gasteiger partial charge in [0.25, 0.3) is 5.91 Å². The maximum atomic E-state index is 13.0. The Hall–Kier alpha value is -2.64. The van der Waals surface area contributed by atoms with E-state index in [9.17, 15) is 4.79 Å². The van der Waals surface area contributed by atoms with Gasteiger partial charge in [-0.15, -0.1) is 0 Å². The average molecular weight is 437 g/mol. The maximum absolute atomic E-state index is 13.0. The van der Waals surface area contributed by atoms with Gasteiger partial charge in [-0.05, 0) is 49.9 Å². The predicted octanol–water partition coefficient (Wildman–Crippen LogP) is 4.37. The van der Waals surface area contributed by atoms with Crippen LogP contribution >= 0.6 is 11.8 Å². The molecule has 0 saturated carbocycles. The second-order valence-corrected chi connectivity index (χ2v) is 8.99. The summed E-state index contributed by atoms with van der Waals surface area (Å²) in [4.78, 5) is 19.8. The number of pyridine rings is 1. The van der Waals surface area contributed by atoms with Crippen LogP contribution in [0.5, 0.6) is 0 Å². The van der Waals surface area contributed by atoms with Gasteiger partial charge in [0, 0.05) is 43.7 Å². The molecule has 1 aliphatic heterocycles. The summed E-state index contributed by atoms with van der Waals surface area (Å²) in [7, 11) is 0. The molecule has 3 aromatic rings. The van der Waals surface area contributed by atoms with Crippen LogP contribution in [0, 0.1) is 13.8 Å². The molecule has 3 heterocycles. The SMILES string of the molecule is Cc1cc(CSc2ncccc2C(=O)NC2CCN(Cc3ccccc3C)CC2)no1. The summed E-state index contributed by atoms with van der Waals surface area (Å²) >= 11 is 1.50. The molecule has 6 nitrogen and oxygen atoms in total. The van der Waals surface area contributed by atoms with Gasteiger partial charge in [0.15, 0.2) is 0 Å². The Morgan fingerprint density at radius 2 is 2.00 bits per heavy atom. The van der Waals surface area contributed by atoms with Gasteiger partial charge in [-0.2, -0.15) is 0 Å². The van der Waals surface area contributed by atoms with Gasteiger partial charge in [0.2, 0.25) is 0 Å². The van der Waals surface area contributed by atoms with Crippen LogP contribution in [0.1, 0.15) is 45.8 Å². The predicted molar refractivity (Wildman–Crippen MR) is 122 cm³/mol. The first-order chi connectivity index (χ1) is 15.1. The molecule has 31 heavy (non-hydrogen) atoms. The van der Waals surface area contributed by atoms with Crippen molar-refractivity contribution in [3.8, 4) is 0 Å². The number of nitrogens with zero attached hydrogens (tertiary/aromatic N) is 3. The molecule has 0 unspecified atom stereocenters. The number of aryl methyl sites for hydroxylation is 2. The topological polar surface area (TPSA) is 71.3 Å². The third-order valence-corrected chi connectivity index (χ3v) is 6.67. The maximum Gasteiger partial charge on any atom is 0.254 e. The molecule has 0 atom stereocenters. The van der Waals surface area contributed by atoms with Crippen LogP contribution in [0.3, 0.4) is 0 Å². The van der Waals surface area contributed by atoms with Crippen LogP contribution in [0.4, 0.5) is 0 Å². The van der Waals surface area contributed by atoms with E-state index in [-0.39, 0.29) is 11.9 Å². The molecule has 2 aromatic heterocycles. The summed E-state index contributed by atoms with van der Waals surface area (Å²) in [5.74, 6) is 1.35. The summed E-state index contributed by atoms with van der Waals surface area (Å²) in [6.45, 7) is 6.97. The monoisotopic (exact) mass is 436 g/mol. The lowest BCUT2D eigenvalue weighted by Crippen LogP contribution is -2.44. The highest BCUT2D eigenvalue weighted by Gasteiger charge is 2.23. The Balaban J connectivity index is 1.30. The lowest BCUT2D eigenvalue weighted by molar-refractivity contribution is 0.0905. The molecule has 4 rings (SSSR count). The standard InChI is InChI=1S/C24H28N4O2S/c1-17-6-3-4-7-19(17)15-28-12-9-20(10-13-28)26-23(29)22-8-5-11-25-24(22)31-16-21-14-18(2)30-27-21/h3-8,11,14,20H,9-10,12-13,15-16H2,1-2H3,(H,26,29). The van der Waals surface area contributed by atoms with Crippen molar-refractivity contribution in [2.75, 3.05) is 13.1 Å². The number of rotatable bonds is 7. The number of benzene rings is 1. The molecule has 0 radical (unpaired) electrons. The molecule has 1 saturated heterocycles. The number of hydrogen-bond acceptors (Lipinski definition) is 6. The molecular formula is C24H28N4O2S. The molecule has 1 aliphatic rings. The van der Waals surface area contributed by atoms with Crippen molar-refractivity contribution in [1.29, 1.82) is 0 Å². The van der Waals surface area contributed by atoms with Gasteiger partial charge in [0.05, 0.1) is 11.3 Å². The van der Waals surface area contributed by atoms with Crippen molar-refractivity contribution in [3.63, 3.8) is 0 Å². The van der Waals surface area contributed by atoms with Crippen LogP contribution in [-0.4, -0.2) is 40.1 Å². The molecule has 1 N–H and O–H groups in total. The fourth-order valence-corrected chi connectivity index (χ4v) is 4.71. The number of aromatic nitrogens is 2. The lowest BCUT2D eigenvalue weighted by atomic mass is 10.0. The van der Waals surface area contributed by atoms with Crippen LogP contribution < -0.4 is 5.32 Å². The third kappa shape index (κ3) is 5.74. The van der Waals surface area contributed by atoms with Crippen molar-refractivity contribution >= 4 is 17.7 Å². The Morgan fingerprint density at radius 1 is 1.19 bits per heavy atom. The summed E-state index contributed by atoms with van der Waals surface area (Å²) < 4.78 is 5.12. The van der Waals surface area contributed by atoms with Gasteiger partial charge in [0.1, 0.15) is 10.8 Å². The van der Waals surface area contributed by atoms with Gasteiger partial charge in [-0.25, -0.2) is 4.98 Å². The Bertz CT molecular complexity index is 1030. The number of nitrogens with one attached hydrogen (secondary N) is 1. The van der Waals surface area contributed by atoms with Crippen molar-refractivity contribution in [2.24, 2.45) is 0 Å². The number of hydrogen-bond donors (Lipinski definition) is 1. The third-order valence-electron chi connectivity index (χ3n) is 5.63. The van der Waals surface area contributed by atoms with E-state index in [1.165, 1.54) is 22.9 Å². The van der Waals surface area contributed by atoms with Crippen LogP contribution in [0.2, 0.25) is 0 Å². The zero-order valence-electron chi connectivity index (χ0n) is 18.0. The molecule has 1 aromatic carbocycles. The highest BCUT2D eigenvalue weighted by atomic mass is 32.2. The fraction of sp³-hybridized carbons (Fsp3) is 0.375. The molecule has 0 spiro atoms. The first kappa shape index (κ1) is 21.6. The summed E-state index contributed by atoms with van der Waals surface area (Å²) in [6.07, 6.45) is 3.63. The molecule has 1 amide bonds. The van der Waals surface area contributed by atoms with Crippen molar-refractivity contribution in [2.45, 2.75) is 50.1 Å². The zero-order chi connectivity index (χ0) is 21.6. The van der Waals surface area contributed by atoms with E-state index in [1.807, 2.05) is 25.1 Å². The zero-order valence-corrected chi connectivity index (χ0v) is 18.8. The largest absolute Gasteiger partial charge is 0.361 e. The van der Waals surface area contributed by atoms with E-state index in [1.54, 1.807) is 6.20 Å². The second kappa shape index (κ2) is 10.1. The smallest absolute Gasteiger partial charge is 0.254 e. The van der Waals surface area contributed by atoms with E-state index in [0.717, 1.165) is 49.0 Å². The lowest BCUT2D eigenvalue weighted by Gasteiger charge is -2.32. The minimum absolute atomic E-state index is 0.0516. The number of carbonyl (C=O) groups excluding carboxylic acids is 1. The Labute approximate surface area is 187 Å². The quantitative estimate of drug-likeness (QED) is 0.555. The Morgan fingerprint density at radius 3 is 2.74 bits per heavy atom. The molecule has 1 fully saturated rings. The number of likely N-dealkylation sites (tertiary alicyclic amines) is 1. The number of thioether (sulfide) groups is 1. The average Bonchev–Trinajstić information content (AvgIpc) is 3.20. The fourth-order valence-electron chi connectivity index (χ4n) is 3.83. The molecular weight excluding hydrogens is 408 g/mol. The van der Waals surface area contributed by atoms with Crippen LogP contribution in [0.15, 0.2) is 58.2 Å². The Kier molecular flexibility index (Phi) is 7.04. The van der Waals surface area contributed by atoms with Gasteiger partial charge in [-0.3, -0.25) is 9.69 Å². The summed E-state index contributed by atoms with van der Waals surface area (Å²) in [6, 6.07) is 14.3. The molecule has 0 bridgehead atoms. The van der Waals surface area contributed by atoms with E-state index in [0.29, 0.717) is 11.3 Å². The number of carbonyl (C=O) groups is 1. The number of piperidine rings is 1. The van der Waals surface area contributed by atoms with E-state index in [4.69, 9.17) is 4.52 Å². The van der Waals surface area contributed by atoms with Crippen LogP contribution in [-0.2, 0) is 12.3 Å². The second-order valence-electron chi connectivity index (χ2n) is 8.02. The normalized spacial score (nSPS) is 15.2. The molecule has 7 heteroatoms. The van der Waals surface area contributed by atoms with Gasteiger partial charge < -0.3 is 9.84 Å². The van der Waals surface area contributed by atoms with E-state index >= 15 is 0 Å².